The summed E-state index contributed by atoms with van der Waals surface area (Å²) in [5.74, 6) is 0.0513. The Morgan fingerprint density at radius 3 is 2.38 bits per heavy atom. The number of carbonyl (C=O) groups excluding carboxylic acids is 1. The second-order valence-corrected chi connectivity index (χ2v) is 4.92. The SMILES string of the molecule is O=C(CCn1c(=O)ccc2ccccc21)c1ccccc1. The molecule has 0 saturated carbocycles. The molecular weight excluding hydrogens is 262 g/mol. The van der Waals surface area contributed by atoms with E-state index in [9.17, 15) is 9.59 Å². The van der Waals surface area contributed by atoms with Crippen molar-refractivity contribution in [1.82, 2.24) is 4.57 Å². The average molecular weight is 277 g/mol. The van der Waals surface area contributed by atoms with Crippen LogP contribution in [0.25, 0.3) is 10.9 Å². The highest BCUT2D eigenvalue weighted by molar-refractivity contribution is 5.96. The summed E-state index contributed by atoms with van der Waals surface area (Å²) < 4.78 is 1.66. The molecule has 0 radical (unpaired) electrons. The van der Waals surface area contributed by atoms with Gasteiger partial charge >= 0.3 is 0 Å². The van der Waals surface area contributed by atoms with Crippen LogP contribution in [0.5, 0.6) is 0 Å². The molecule has 0 amide bonds. The minimum absolute atomic E-state index is 0.0513. The maximum absolute atomic E-state index is 12.2. The van der Waals surface area contributed by atoms with Gasteiger partial charge in [-0.25, -0.2) is 0 Å². The van der Waals surface area contributed by atoms with E-state index in [2.05, 4.69) is 0 Å². The van der Waals surface area contributed by atoms with Crippen LogP contribution in [0, 0.1) is 0 Å². The van der Waals surface area contributed by atoms with E-state index in [-0.39, 0.29) is 11.3 Å². The van der Waals surface area contributed by atoms with Gasteiger partial charge in [-0.05, 0) is 17.5 Å². The van der Waals surface area contributed by atoms with Gasteiger partial charge in [0, 0.05) is 24.6 Å². The van der Waals surface area contributed by atoms with Crippen molar-refractivity contribution in [2.45, 2.75) is 13.0 Å². The average Bonchev–Trinajstić information content (AvgIpc) is 2.54. The number of aromatic nitrogens is 1. The molecule has 3 aromatic rings. The molecule has 0 unspecified atom stereocenters. The van der Waals surface area contributed by atoms with Gasteiger partial charge in [-0.15, -0.1) is 0 Å². The number of para-hydroxylation sites is 1. The van der Waals surface area contributed by atoms with E-state index < -0.39 is 0 Å². The summed E-state index contributed by atoms with van der Waals surface area (Å²) in [7, 11) is 0. The van der Waals surface area contributed by atoms with Crippen molar-refractivity contribution in [3.63, 3.8) is 0 Å². The molecule has 0 atom stereocenters. The highest BCUT2D eigenvalue weighted by atomic mass is 16.1. The van der Waals surface area contributed by atoms with Gasteiger partial charge in [0.2, 0.25) is 0 Å². The molecule has 1 aromatic heterocycles. The largest absolute Gasteiger partial charge is 0.308 e. The zero-order valence-corrected chi connectivity index (χ0v) is 11.5. The van der Waals surface area contributed by atoms with Gasteiger partial charge in [-0.3, -0.25) is 9.59 Å². The minimum Gasteiger partial charge on any atom is -0.308 e. The van der Waals surface area contributed by atoms with Crippen LogP contribution in [0.15, 0.2) is 71.5 Å². The lowest BCUT2D eigenvalue weighted by atomic mass is 10.1. The monoisotopic (exact) mass is 277 g/mol. The van der Waals surface area contributed by atoms with Crippen molar-refractivity contribution in [3.8, 4) is 0 Å². The third-order valence-electron chi connectivity index (χ3n) is 3.56. The summed E-state index contributed by atoms with van der Waals surface area (Å²) in [6, 6.07) is 20.2. The topological polar surface area (TPSA) is 39.1 Å². The lowest BCUT2D eigenvalue weighted by Gasteiger charge is -2.09. The number of carbonyl (C=O) groups is 1. The Bertz CT molecular complexity index is 834. The molecule has 3 nitrogen and oxygen atoms in total. The van der Waals surface area contributed by atoms with Crippen molar-refractivity contribution in [2.75, 3.05) is 0 Å². The number of pyridine rings is 1. The molecule has 0 spiro atoms. The van der Waals surface area contributed by atoms with Gasteiger partial charge in [-0.1, -0.05) is 48.5 Å². The molecule has 104 valence electrons. The number of nitrogens with zero attached hydrogens (tertiary/aromatic N) is 1. The van der Waals surface area contributed by atoms with Crippen LogP contribution in [0.1, 0.15) is 16.8 Å². The number of hydrogen-bond donors (Lipinski definition) is 0. The van der Waals surface area contributed by atoms with Gasteiger partial charge in [-0.2, -0.15) is 0 Å². The third kappa shape index (κ3) is 2.77. The van der Waals surface area contributed by atoms with Crippen LogP contribution in [-0.4, -0.2) is 10.4 Å². The molecule has 0 aliphatic rings. The maximum Gasteiger partial charge on any atom is 0.251 e. The first-order valence-corrected chi connectivity index (χ1v) is 6.92. The zero-order chi connectivity index (χ0) is 14.7. The standard InChI is InChI=1S/C18H15NO2/c20-17(15-7-2-1-3-8-15)12-13-19-16-9-5-4-6-14(16)10-11-18(19)21/h1-11H,12-13H2. The van der Waals surface area contributed by atoms with Gasteiger partial charge in [0.15, 0.2) is 5.78 Å². The van der Waals surface area contributed by atoms with Crippen LogP contribution < -0.4 is 5.56 Å². The van der Waals surface area contributed by atoms with E-state index in [1.54, 1.807) is 22.8 Å². The molecule has 1 heterocycles. The molecule has 2 aromatic carbocycles. The molecule has 0 N–H and O–H groups in total. The lowest BCUT2D eigenvalue weighted by molar-refractivity contribution is 0.0977. The quantitative estimate of drug-likeness (QED) is 0.686. The first-order chi connectivity index (χ1) is 10.3. The van der Waals surface area contributed by atoms with Crippen molar-refractivity contribution >= 4 is 16.7 Å². The van der Waals surface area contributed by atoms with Crippen molar-refractivity contribution in [1.29, 1.82) is 0 Å². The third-order valence-corrected chi connectivity index (χ3v) is 3.56. The fourth-order valence-electron chi connectivity index (χ4n) is 2.46. The summed E-state index contributed by atoms with van der Waals surface area (Å²) in [6.07, 6.45) is 0.317. The Morgan fingerprint density at radius 2 is 1.57 bits per heavy atom. The van der Waals surface area contributed by atoms with Crippen molar-refractivity contribution in [3.05, 3.63) is 82.6 Å². The summed E-state index contributed by atoms with van der Waals surface area (Å²) in [5, 5.41) is 1.00. The Balaban J connectivity index is 1.87. The van der Waals surface area contributed by atoms with Crippen LogP contribution >= 0.6 is 0 Å². The van der Waals surface area contributed by atoms with E-state index in [4.69, 9.17) is 0 Å². The predicted octanol–water partition coefficient (Wildman–Crippen LogP) is 3.27. The van der Waals surface area contributed by atoms with Crippen LogP contribution in [0.4, 0.5) is 0 Å². The van der Waals surface area contributed by atoms with Gasteiger partial charge in [0.25, 0.3) is 5.56 Å². The number of hydrogen-bond acceptors (Lipinski definition) is 2. The van der Waals surface area contributed by atoms with Gasteiger partial charge < -0.3 is 4.57 Å². The molecule has 3 rings (SSSR count). The normalized spacial score (nSPS) is 10.7. The molecule has 0 bridgehead atoms. The molecule has 0 saturated heterocycles. The summed E-state index contributed by atoms with van der Waals surface area (Å²) in [6.45, 7) is 0.397. The summed E-state index contributed by atoms with van der Waals surface area (Å²) >= 11 is 0. The Morgan fingerprint density at radius 1 is 0.857 bits per heavy atom. The van der Waals surface area contributed by atoms with E-state index in [0.717, 1.165) is 10.9 Å². The fourth-order valence-corrected chi connectivity index (χ4v) is 2.46. The maximum atomic E-state index is 12.2. The smallest absolute Gasteiger partial charge is 0.251 e. The fraction of sp³-hybridized carbons (Fsp3) is 0.111. The molecule has 0 aliphatic carbocycles. The van der Waals surface area contributed by atoms with E-state index >= 15 is 0 Å². The molecule has 21 heavy (non-hydrogen) atoms. The first kappa shape index (κ1) is 13.3. The lowest BCUT2D eigenvalue weighted by Crippen LogP contribution is -2.20. The van der Waals surface area contributed by atoms with Crippen molar-refractivity contribution in [2.24, 2.45) is 0 Å². The van der Waals surface area contributed by atoms with Crippen LogP contribution in [-0.2, 0) is 6.54 Å². The number of rotatable bonds is 4. The summed E-state index contributed by atoms with van der Waals surface area (Å²) in [4.78, 5) is 24.2. The van der Waals surface area contributed by atoms with E-state index in [1.165, 1.54) is 0 Å². The molecule has 3 heteroatoms. The number of fused-ring (bicyclic) bond motifs is 1. The van der Waals surface area contributed by atoms with Gasteiger partial charge in [0.1, 0.15) is 0 Å². The minimum atomic E-state index is -0.0745. The Kier molecular flexibility index (Phi) is 3.65. The Hall–Kier alpha value is -2.68. The molecule has 0 fully saturated rings. The predicted molar refractivity (Wildman–Crippen MR) is 83.6 cm³/mol. The van der Waals surface area contributed by atoms with Crippen LogP contribution in [0.2, 0.25) is 0 Å². The second-order valence-electron chi connectivity index (χ2n) is 4.92. The van der Waals surface area contributed by atoms with E-state index in [0.29, 0.717) is 18.5 Å². The Labute approximate surface area is 122 Å². The number of aryl methyl sites for hydroxylation is 1. The molecule has 0 aliphatic heterocycles. The zero-order valence-electron chi connectivity index (χ0n) is 11.5. The van der Waals surface area contributed by atoms with Crippen LogP contribution in [0.3, 0.4) is 0 Å². The highest BCUT2D eigenvalue weighted by Crippen LogP contribution is 2.12. The van der Waals surface area contributed by atoms with Crippen molar-refractivity contribution < 1.29 is 4.79 Å². The van der Waals surface area contributed by atoms with Gasteiger partial charge in [0.05, 0.1) is 5.52 Å². The highest BCUT2D eigenvalue weighted by Gasteiger charge is 2.08. The number of Topliss-reactive ketones (excluding diaryl/α,β-unsaturated/α-hetero) is 1. The number of ketones is 1. The molecular formula is C18H15NO2. The number of benzene rings is 2. The van der Waals surface area contributed by atoms with E-state index in [1.807, 2.05) is 48.5 Å². The second kappa shape index (κ2) is 5.75. The first-order valence-electron chi connectivity index (χ1n) is 6.92. The summed E-state index contributed by atoms with van der Waals surface area (Å²) in [5.41, 5.74) is 1.48.